The highest BCUT2D eigenvalue weighted by Crippen LogP contribution is 2.34. The minimum Gasteiger partial charge on any atom is -0.486 e. The van der Waals surface area contributed by atoms with Crippen molar-refractivity contribution in [3.8, 4) is 22.9 Å². The van der Waals surface area contributed by atoms with Gasteiger partial charge in [0.05, 0.1) is 6.54 Å². The normalized spacial score (nSPS) is 19.3. The minimum atomic E-state index is -2.61. The highest BCUT2D eigenvalue weighted by atomic mass is 19.3. The highest BCUT2D eigenvalue weighted by molar-refractivity contribution is 5.60. The Morgan fingerprint density at radius 1 is 1.06 bits per heavy atom. The van der Waals surface area contributed by atoms with E-state index in [0.717, 1.165) is 24.6 Å². The number of alkyl halides is 2. The van der Waals surface area contributed by atoms with Crippen LogP contribution in [0.5, 0.6) is 11.5 Å². The van der Waals surface area contributed by atoms with Crippen molar-refractivity contribution in [1.82, 2.24) is 24.3 Å². The van der Waals surface area contributed by atoms with Crippen LogP contribution in [0.15, 0.2) is 60.9 Å². The molecule has 0 amide bonds. The van der Waals surface area contributed by atoms with Crippen molar-refractivity contribution < 1.29 is 18.3 Å². The van der Waals surface area contributed by atoms with E-state index in [1.165, 1.54) is 6.07 Å². The molecule has 0 radical (unpaired) electrons. The molecule has 0 aliphatic carbocycles. The zero-order valence-electron chi connectivity index (χ0n) is 18.3. The maximum atomic E-state index is 13.7. The lowest BCUT2D eigenvalue weighted by atomic mass is 9.96. The summed E-state index contributed by atoms with van der Waals surface area (Å²) in [5, 5.41) is 4.70. The molecule has 0 saturated carbocycles. The molecule has 174 valence electrons. The second kappa shape index (κ2) is 8.55. The summed E-state index contributed by atoms with van der Waals surface area (Å²) in [6.45, 7) is 1.60. The second-order valence-corrected chi connectivity index (χ2v) is 8.59. The molecule has 2 unspecified atom stereocenters. The number of imidazole rings is 1. The van der Waals surface area contributed by atoms with Crippen LogP contribution in [0.3, 0.4) is 0 Å². The quantitative estimate of drug-likeness (QED) is 0.431. The first-order chi connectivity index (χ1) is 16.7. The molecule has 4 heterocycles. The van der Waals surface area contributed by atoms with Gasteiger partial charge in [0.15, 0.2) is 23.4 Å². The van der Waals surface area contributed by atoms with E-state index in [9.17, 15) is 8.78 Å². The number of aryl methyl sites for hydroxylation is 1. The van der Waals surface area contributed by atoms with E-state index in [0.29, 0.717) is 42.5 Å². The third kappa shape index (κ3) is 3.81. The summed E-state index contributed by atoms with van der Waals surface area (Å²) >= 11 is 0. The van der Waals surface area contributed by atoms with E-state index in [1.54, 1.807) is 24.4 Å². The number of hydrogen-bond donors (Lipinski definition) is 0. The molecule has 7 nitrogen and oxygen atoms in total. The molecule has 0 fully saturated rings. The minimum absolute atomic E-state index is 0.0726. The van der Waals surface area contributed by atoms with E-state index in [4.69, 9.17) is 19.6 Å². The summed E-state index contributed by atoms with van der Waals surface area (Å²) in [7, 11) is 0. The molecular formula is C25H23F2N5O2. The standard InChI is InChI=1S/C25H23F2N5O2/c26-23(27)18-5-1-2-6-19(18)24-29-25(16-9-11-31-12-10-28-22(31)13-16)32(30-24)14-17-15-33-20-7-3-4-8-21(20)34-17/h1-8,10,12,16-17,23H,9,11,13-15H2. The van der Waals surface area contributed by atoms with Gasteiger partial charge in [-0.2, -0.15) is 5.10 Å². The molecule has 9 heteroatoms. The fraction of sp³-hybridized carbons (Fsp3) is 0.320. The van der Waals surface area contributed by atoms with Gasteiger partial charge < -0.3 is 14.0 Å². The van der Waals surface area contributed by atoms with Crippen LogP contribution in [0.25, 0.3) is 11.4 Å². The SMILES string of the molecule is FC(F)c1ccccc1-c1nc(C2CCn3ccnc3C2)n(CC2COc3ccccc3O2)n1. The van der Waals surface area contributed by atoms with Crippen LogP contribution in [0.2, 0.25) is 0 Å². The van der Waals surface area contributed by atoms with Gasteiger partial charge >= 0.3 is 0 Å². The number of benzene rings is 2. The number of hydrogen-bond acceptors (Lipinski definition) is 5. The van der Waals surface area contributed by atoms with E-state index in [2.05, 4.69) is 9.55 Å². The van der Waals surface area contributed by atoms with Gasteiger partial charge in [0.25, 0.3) is 6.43 Å². The lowest BCUT2D eigenvalue weighted by molar-refractivity contribution is 0.0747. The fourth-order valence-electron chi connectivity index (χ4n) is 4.71. The number of aromatic nitrogens is 5. The van der Waals surface area contributed by atoms with Gasteiger partial charge in [0, 0.05) is 42.4 Å². The van der Waals surface area contributed by atoms with Crippen LogP contribution >= 0.6 is 0 Å². The van der Waals surface area contributed by atoms with Gasteiger partial charge in [-0.05, 0) is 18.6 Å². The third-order valence-electron chi connectivity index (χ3n) is 6.40. The van der Waals surface area contributed by atoms with Crippen molar-refractivity contribution in [2.24, 2.45) is 0 Å². The molecular weight excluding hydrogens is 440 g/mol. The number of rotatable bonds is 5. The van der Waals surface area contributed by atoms with Crippen LogP contribution < -0.4 is 9.47 Å². The highest BCUT2D eigenvalue weighted by Gasteiger charge is 2.30. The number of halogens is 2. The van der Waals surface area contributed by atoms with Gasteiger partial charge in [-0.1, -0.05) is 36.4 Å². The molecule has 2 aromatic carbocycles. The van der Waals surface area contributed by atoms with Crippen molar-refractivity contribution in [2.75, 3.05) is 6.61 Å². The number of fused-ring (bicyclic) bond motifs is 2. The van der Waals surface area contributed by atoms with E-state index >= 15 is 0 Å². The first-order valence-electron chi connectivity index (χ1n) is 11.4. The van der Waals surface area contributed by atoms with Gasteiger partial charge in [-0.25, -0.2) is 23.4 Å². The molecule has 4 aromatic rings. The second-order valence-electron chi connectivity index (χ2n) is 8.59. The molecule has 0 spiro atoms. The van der Waals surface area contributed by atoms with Gasteiger partial charge in [0.2, 0.25) is 0 Å². The Hall–Kier alpha value is -3.75. The topological polar surface area (TPSA) is 67.0 Å². The van der Waals surface area contributed by atoms with Crippen LogP contribution in [-0.2, 0) is 19.5 Å². The van der Waals surface area contributed by atoms with Crippen LogP contribution in [0.4, 0.5) is 8.78 Å². The molecule has 0 bridgehead atoms. The first kappa shape index (κ1) is 20.8. The summed E-state index contributed by atoms with van der Waals surface area (Å²) < 4.78 is 43.4. The summed E-state index contributed by atoms with van der Waals surface area (Å²) in [4.78, 5) is 9.27. The Balaban J connectivity index is 1.36. The molecule has 2 atom stereocenters. The Bertz CT molecular complexity index is 1320. The van der Waals surface area contributed by atoms with E-state index in [-0.39, 0.29) is 17.6 Å². The van der Waals surface area contributed by atoms with Crippen molar-refractivity contribution >= 4 is 0 Å². The van der Waals surface area contributed by atoms with Gasteiger partial charge in [0.1, 0.15) is 18.3 Å². The Morgan fingerprint density at radius 2 is 1.88 bits per heavy atom. The van der Waals surface area contributed by atoms with Crippen molar-refractivity contribution in [2.45, 2.75) is 44.4 Å². The maximum absolute atomic E-state index is 13.7. The predicted molar refractivity (Wildman–Crippen MR) is 120 cm³/mol. The zero-order chi connectivity index (χ0) is 23.1. The lowest BCUT2D eigenvalue weighted by Crippen LogP contribution is -2.34. The smallest absolute Gasteiger partial charge is 0.264 e. The summed E-state index contributed by atoms with van der Waals surface area (Å²) in [6, 6.07) is 13.9. The van der Waals surface area contributed by atoms with Crippen LogP contribution in [-0.4, -0.2) is 37.0 Å². The average Bonchev–Trinajstić information content (AvgIpc) is 3.50. The Morgan fingerprint density at radius 3 is 2.76 bits per heavy atom. The van der Waals surface area contributed by atoms with Crippen molar-refractivity contribution in [1.29, 1.82) is 0 Å². The molecule has 0 saturated heterocycles. The van der Waals surface area contributed by atoms with Crippen LogP contribution in [0.1, 0.15) is 36.0 Å². The van der Waals surface area contributed by atoms with Crippen molar-refractivity contribution in [3.05, 3.63) is 78.1 Å². The van der Waals surface area contributed by atoms with E-state index < -0.39 is 6.43 Å². The molecule has 2 aliphatic heterocycles. The number of nitrogens with zero attached hydrogens (tertiary/aromatic N) is 5. The molecule has 2 aromatic heterocycles. The van der Waals surface area contributed by atoms with Crippen molar-refractivity contribution in [3.63, 3.8) is 0 Å². The predicted octanol–water partition coefficient (Wildman–Crippen LogP) is 4.65. The Kier molecular flexibility index (Phi) is 5.24. The largest absolute Gasteiger partial charge is 0.486 e. The summed E-state index contributed by atoms with van der Waals surface area (Å²) in [5.41, 5.74) is 0.275. The lowest BCUT2D eigenvalue weighted by Gasteiger charge is -2.28. The first-order valence-corrected chi connectivity index (χ1v) is 11.4. The number of para-hydroxylation sites is 2. The van der Waals surface area contributed by atoms with E-state index in [1.807, 2.05) is 35.1 Å². The summed E-state index contributed by atoms with van der Waals surface area (Å²) in [6.07, 6.45) is 2.47. The fourth-order valence-corrected chi connectivity index (χ4v) is 4.71. The molecule has 0 N–H and O–H groups in total. The monoisotopic (exact) mass is 463 g/mol. The maximum Gasteiger partial charge on any atom is 0.264 e. The van der Waals surface area contributed by atoms with Gasteiger partial charge in [-0.15, -0.1) is 0 Å². The molecule has 34 heavy (non-hydrogen) atoms. The Labute approximate surface area is 195 Å². The third-order valence-corrected chi connectivity index (χ3v) is 6.40. The average molecular weight is 463 g/mol. The molecule has 6 rings (SSSR count). The van der Waals surface area contributed by atoms with Gasteiger partial charge in [-0.3, -0.25) is 0 Å². The zero-order valence-corrected chi connectivity index (χ0v) is 18.3. The summed E-state index contributed by atoms with van der Waals surface area (Å²) in [5.74, 6) is 3.53. The number of ether oxygens (including phenoxy) is 2. The van der Waals surface area contributed by atoms with Crippen LogP contribution in [0, 0.1) is 0 Å². The molecule has 2 aliphatic rings.